The van der Waals surface area contributed by atoms with E-state index in [1.54, 1.807) is 42.8 Å². The molecule has 2 amide bonds. The average molecular weight is 416 g/mol. The van der Waals surface area contributed by atoms with Crippen molar-refractivity contribution in [2.45, 2.75) is 13.8 Å². The van der Waals surface area contributed by atoms with Crippen LogP contribution in [0.2, 0.25) is 5.02 Å². The van der Waals surface area contributed by atoms with Gasteiger partial charge in [-0.15, -0.1) is 11.3 Å². The van der Waals surface area contributed by atoms with Crippen molar-refractivity contribution in [1.82, 2.24) is 4.98 Å². The first-order valence-corrected chi connectivity index (χ1v) is 9.62. The summed E-state index contributed by atoms with van der Waals surface area (Å²) in [4.78, 5) is 29.0. The number of hydrogen-bond acceptors (Lipinski definition) is 5. The van der Waals surface area contributed by atoms with Crippen LogP contribution in [0.4, 0.5) is 10.8 Å². The Morgan fingerprint density at radius 3 is 2.43 bits per heavy atom. The second kappa shape index (κ2) is 8.41. The molecule has 0 aliphatic heterocycles. The van der Waals surface area contributed by atoms with Gasteiger partial charge in [0, 0.05) is 10.9 Å². The Kier molecular flexibility index (Phi) is 5.96. The maximum atomic E-state index is 12.5. The van der Waals surface area contributed by atoms with Crippen molar-refractivity contribution in [2.24, 2.45) is 0 Å². The van der Waals surface area contributed by atoms with E-state index in [9.17, 15) is 9.59 Å². The summed E-state index contributed by atoms with van der Waals surface area (Å²) in [6.45, 7) is 3.80. The molecule has 1 aromatic heterocycles. The van der Waals surface area contributed by atoms with Crippen LogP contribution in [0.3, 0.4) is 0 Å². The highest BCUT2D eigenvalue weighted by Crippen LogP contribution is 2.28. The second-order valence-corrected chi connectivity index (χ2v) is 7.38. The molecule has 2 aromatic carbocycles. The Bertz CT molecular complexity index is 1010. The van der Waals surface area contributed by atoms with E-state index in [4.69, 9.17) is 16.3 Å². The summed E-state index contributed by atoms with van der Waals surface area (Å²) < 4.78 is 5.07. The molecule has 28 heavy (non-hydrogen) atoms. The summed E-state index contributed by atoms with van der Waals surface area (Å²) in [5, 5.41) is 7.84. The number of benzene rings is 2. The highest BCUT2D eigenvalue weighted by atomic mass is 35.5. The zero-order chi connectivity index (χ0) is 20.3. The minimum Gasteiger partial charge on any atom is -0.497 e. The van der Waals surface area contributed by atoms with E-state index in [-0.39, 0.29) is 11.6 Å². The van der Waals surface area contributed by atoms with Crippen molar-refractivity contribution in [3.05, 3.63) is 69.2 Å². The minimum atomic E-state index is -0.393. The van der Waals surface area contributed by atoms with Crippen LogP contribution in [0.1, 0.15) is 32.0 Å². The lowest BCUT2D eigenvalue weighted by Crippen LogP contribution is -2.15. The smallest absolute Gasteiger partial charge is 0.275 e. The third kappa shape index (κ3) is 4.49. The molecule has 0 aliphatic carbocycles. The van der Waals surface area contributed by atoms with Crippen LogP contribution >= 0.6 is 22.9 Å². The number of anilines is 2. The number of rotatable bonds is 5. The average Bonchev–Trinajstić information content (AvgIpc) is 3.13. The minimum absolute atomic E-state index is 0.200. The third-order valence-electron chi connectivity index (χ3n) is 3.98. The SMILES string of the molecule is COc1ccc(C(=O)Nc2nc(C(=O)Nc3c(C)cc(C)cc3Cl)cs2)cc1. The maximum absolute atomic E-state index is 12.5. The van der Waals surface area contributed by atoms with Gasteiger partial charge in [0.2, 0.25) is 0 Å². The van der Waals surface area contributed by atoms with Crippen molar-refractivity contribution in [3.8, 4) is 5.75 Å². The van der Waals surface area contributed by atoms with Crippen molar-refractivity contribution in [3.63, 3.8) is 0 Å². The van der Waals surface area contributed by atoms with E-state index in [1.807, 2.05) is 19.9 Å². The predicted molar refractivity (Wildman–Crippen MR) is 112 cm³/mol. The Balaban J connectivity index is 1.69. The number of nitrogens with zero attached hydrogens (tertiary/aromatic N) is 1. The fraction of sp³-hybridized carbons (Fsp3) is 0.150. The molecule has 3 aromatic rings. The van der Waals surface area contributed by atoms with Gasteiger partial charge in [-0.05, 0) is 55.3 Å². The first-order valence-electron chi connectivity index (χ1n) is 8.36. The van der Waals surface area contributed by atoms with E-state index < -0.39 is 5.91 Å². The van der Waals surface area contributed by atoms with E-state index >= 15 is 0 Å². The molecule has 0 spiro atoms. The van der Waals surface area contributed by atoms with Crippen molar-refractivity contribution < 1.29 is 14.3 Å². The van der Waals surface area contributed by atoms with Crippen LogP contribution in [0.15, 0.2) is 41.8 Å². The van der Waals surface area contributed by atoms with Gasteiger partial charge in [0.25, 0.3) is 11.8 Å². The summed E-state index contributed by atoms with van der Waals surface area (Å²) in [6.07, 6.45) is 0. The number of ether oxygens (including phenoxy) is 1. The zero-order valence-corrected chi connectivity index (χ0v) is 17.1. The van der Waals surface area contributed by atoms with Gasteiger partial charge in [0.15, 0.2) is 5.13 Å². The van der Waals surface area contributed by atoms with Gasteiger partial charge in [0.1, 0.15) is 11.4 Å². The first kappa shape index (κ1) is 19.9. The van der Waals surface area contributed by atoms with E-state index in [2.05, 4.69) is 15.6 Å². The van der Waals surface area contributed by atoms with Crippen LogP contribution in [0.5, 0.6) is 5.75 Å². The van der Waals surface area contributed by atoms with Crippen LogP contribution in [0, 0.1) is 13.8 Å². The molecule has 144 valence electrons. The highest BCUT2D eigenvalue weighted by molar-refractivity contribution is 7.14. The highest BCUT2D eigenvalue weighted by Gasteiger charge is 2.16. The molecule has 3 rings (SSSR count). The Hall–Kier alpha value is -2.90. The number of hydrogen-bond donors (Lipinski definition) is 2. The molecule has 1 heterocycles. The lowest BCUT2D eigenvalue weighted by atomic mass is 10.1. The number of aryl methyl sites for hydroxylation is 2. The summed E-state index contributed by atoms with van der Waals surface area (Å²) in [6, 6.07) is 10.4. The Morgan fingerprint density at radius 1 is 1.07 bits per heavy atom. The van der Waals surface area contributed by atoms with Gasteiger partial charge in [-0.2, -0.15) is 0 Å². The van der Waals surface area contributed by atoms with Gasteiger partial charge < -0.3 is 10.1 Å². The monoisotopic (exact) mass is 415 g/mol. The quantitative estimate of drug-likeness (QED) is 0.619. The molecule has 0 aliphatic rings. The maximum Gasteiger partial charge on any atom is 0.275 e. The third-order valence-corrected chi connectivity index (χ3v) is 5.04. The van der Waals surface area contributed by atoms with Gasteiger partial charge in [-0.1, -0.05) is 17.7 Å². The molecule has 8 heteroatoms. The molecular weight excluding hydrogens is 398 g/mol. The van der Waals surface area contributed by atoms with Crippen LogP contribution in [-0.4, -0.2) is 23.9 Å². The Morgan fingerprint density at radius 2 is 1.79 bits per heavy atom. The molecule has 0 saturated heterocycles. The van der Waals surface area contributed by atoms with Crippen molar-refractivity contribution in [2.75, 3.05) is 17.7 Å². The number of carbonyl (C=O) groups excluding carboxylic acids is 2. The van der Waals surface area contributed by atoms with Crippen LogP contribution in [-0.2, 0) is 0 Å². The number of methoxy groups -OCH3 is 1. The molecule has 0 unspecified atom stereocenters. The molecule has 0 saturated carbocycles. The van der Waals surface area contributed by atoms with E-state index in [1.165, 1.54) is 11.3 Å². The van der Waals surface area contributed by atoms with Gasteiger partial charge >= 0.3 is 0 Å². The summed E-state index contributed by atoms with van der Waals surface area (Å²) >= 11 is 7.40. The van der Waals surface area contributed by atoms with Crippen LogP contribution in [0.25, 0.3) is 0 Å². The molecule has 2 N–H and O–H groups in total. The molecule has 0 atom stereocenters. The molecular formula is C20H18ClN3O3S. The summed E-state index contributed by atoms with van der Waals surface area (Å²) in [5.74, 6) is -0.0498. The van der Waals surface area contributed by atoms with Gasteiger partial charge in [-0.3, -0.25) is 14.9 Å². The number of nitrogens with one attached hydrogen (secondary N) is 2. The molecule has 0 radical (unpaired) electrons. The fourth-order valence-electron chi connectivity index (χ4n) is 2.60. The number of thiazole rings is 1. The Labute approximate surface area is 171 Å². The standard InChI is InChI=1S/C20H18ClN3O3S/c1-11-8-12(2)17(15(21)9-11)23-19(26)16-10-28-20(22-16)24-18(25)13-4-6-14(27-3)7-5-13/h4-10H,1-3H3,(H,23,26)(H,22,24,25). The number of halogens is 1. The number of carbonyl (C=O) groups is 2. The van der Waals surface area contributed by atoms with Gasteiger partial charge in [0.05, 0.1) is 17.8 Å². The van der Waals surface area contributed by atoms with E-state index in [0.29, 0.717) is 27.2 Å². The molecule has 0 bridgehead atoms. The summed E-state index contributed by atoms with van der Waals surface area (Å²) in [5.41, 5.74) is 3.09. The summed E-state index contributed by atoms with van der Waals surface area (Å²) in [7, 11) is 1.56. The van der Waals surface area contributed by atoms with E-state index in [0.717, 1.165) is 11.1 Å². The zero-order valence-electron chi connectivity index (χ0n) is 15.5. The number of amides is 2. The lowest BCUT2D eigenvalue weighted by Gasteiger charge is -2.10. The van der Waals surface area contributed by atoms with Crippen LogP contribution < -0.4 is 15.4 Å². The van der Waals surface area contributed by atoms with Crippen molar-refractivity contribution in [1.29, 1.82) is 0 Å². The fourth-order valence-corrected chi connectivity index (χ4v) is 3.65. The van der Waals surface area contributed by atoms with Crippen molar-refractivity contribution >= 4 is 45.6 Å². The second-order valence-electron chi connectivity index (χ2n) is 6.11. The first-order chi connectivity index (χ1) is 13.4. The number of aromatic nitrogens is 1. The van der Waals surface area contributed by atoms with Gasteiger partial charge in [-0.25, -0.2) is 4.98 Å². The normalized spacial score (nSPS) is 10.4. The molecule has 0 fully saturated rings. The lowest BCUT2D eigenvalue weighted by molar-refractivity contribution is 0.101. The largest absolute Gasteiger partial charge is 0.497 e. The molecule has 6 nitrogen and oxygen atoms in total. The predicted octanol–water partition coefficient (Wildman–Crippen LogP) is 4.93. The topological polar surface area (TPSA) is 80.3 Å².